The van der Waals surface area contributed by atoms with Gasteiger partial charge in [0.25, 0.3) is 0 Å². The smallest absolute Gasteiger partial charge is 0.164 e. The summed E-state index contributed by atoms with van der Waals surface area (Å²) in [5.41, 5.74) is 5.26. The van der Waals surface area contributed by atoms with Crippen LogP contribution < -0.4 is 0 Å². The molecule has 0 unspecified atom stereocenters. The molecule has 5 heteroatoms. The van der Waals surface area contributed by atoms with Gasteiger partial charge in [-0.1, -0.05) is 78.8 Å². The van der Waals surface area contributed by atoms with Crippen LogP contribution in [0, 0.1) is 23.8 Å². The Bertz CT molecular complexity index is 1910. The molecule has 0 fully saturated rings. The van der Waals surface area contributed by atoms with Crippen LogP contribution in [0.1, 0.15) is 72.8 Å². The average molecular weight is 738 g/mol. The van der Waals surface area contributed by atoms with Gasteiger partial charge in [-0.15, -0.1) is 29.1 Å². The summed E-state index contributed by atoms with van der Waals surface area (Å²) in [7, 11) is 0. The number of aliphatic hydroxyl groups excluding tert-OH is 1. The molecule has 0 aliphatic carbocycles. The molecule has 4 nitrogen and oxygen atoms in total. The molecule has 3 heterocycles. The van der Waals surface area contributed by atoms with Crippen molar-refractivity contribution in [1.29, 1.82) is 0 Å². The molecule has 6 rings (SSSR count). The minimum absolute atomic E-state index is 0. The standard InChI is InChI=1S/C22H13N2.C15H28O2.Ir/c1-13-6-9-19-17(12-13)21-20-14(10-11-23-21)7-8-16-15-4-2-3-5-18(15)24(19)22(16)20;1-7-14(5,8-2)12(16)11-13(17)15(6,9-3)10-4;/h2-11H,1H3;11,16H,7-10H2,1-6H3;/q-1;;/b;12-11-;. The molecule has 0 spiro atoms. The van der Waals surface area contributed by atoms with Crippen LogP contribution in [0.5, 0.6) is 0 Å². The fourth-order valence-electron chi connectivity index (χ4n) is 5.80. The first kappa shape index (κ1) is 31.7. The van der Waals surface area contributed by atoms with Crippen LogP contribution in [0.3, 0.4) is 0 Å². The van der Waals surface area contributed by atoms with Crippen LogP contribution in [0.2, 0.25) is 0 Å². The Kier molecular flexibility index (Phi) is 9.16. The number of aliphatic hydroxyl groups is 1. The summed E-state index contributed by atoms with van der Waals surface area (Å²) in [5, 5.41) is 16.3. The van der Waals surface area contributed by atoms with Gasteiger partial charge >= 0.3 is 0 Å². The monoisotopic (exact) mass is 738 g/mol. The summed E-state index contributed by atoms with van der Waals surface area (Å²) in [5.74, 6) is 0.286. The summed E-state index contributed by atoms with van der Waals surface area (Å²) in [6, 6.07) is 23.0. The summed E-state index contributed by atoms with van der Waals surface area (Å²) in [6.07, 6.45) is 6.66. The Labute approximate surface area is 262 Å². The van der Waals surface area contributed by atoms with Crippen molar-refractivity contribution in [3.8, 4) is 0 Å². The first-order valence-electron chi connectivity index (χ1n) is 14.9. The number of pyridine rings is 2. The van der Waals surface area contributed by atoms with Crippen LogP contribution in [-0.4, -0.2) is 20.3 Å². The zero-order chi connectivity index (χ0) is 29.5. The number of para-hydroxylation sites is 1. The van der Waals surface area contributed by atoms with Crippen molar-refractivity contribution < 1.29 is 30.0 Å². The quantitative estimate of drug-likeness (QED) is 0.0584. The first-order valence-corrected chi connectivity index (χ1v) is 14.9. The van der Waals surface area contributed by atoms with E-state index in [-0.39, 0.29) is 42.5 Å². The normalized spacial score (nSPS) is 12.7. The second-order valence-corrected chi connectivity index (χ2v) is 11.9. The van der Waals surface area contributed by atoms with Gasteiger partial charge in [0.2, 0.25) is 0 Å². The molecule has 0 amide bonds. The SMILES string of the molecule is CCC(C)(CC)C(=O)/C=C(\O)C(C)(CC)CC.Cc1[c-]c2c3nccc4ccc5c6ccccc6n(c2cc1)c5c43.[Ir]. The molecular formula is C37H41IrN2O2-. The summed E-state index contributed by atoms with van der Waals surface area (Å²) in [4.78, 5) is 16.9. The summed E-state index contributed by atoms with van der Waals surface area (Å²) in [6.45, 7) is 14.2. The molecule has 0 aliphatic heterocycles. The van der Waals surface area contributed by atoms with Gasteiger partial charge in [-0.25, -0.2) is 0 Å². The zero-order valence-corrected chi connectivity index (χ0v) is 28.2. The zero-order valence-electron chi connectivity index (χ0n) is 25.8. The Morgan fingerprint density at radius 3 is 2.21 bits per heavy atom. The topological polar surface area (TPSA) is 54.6 Å². The van der Waals surface area contributed by atoms with Crippen LogP contribution >= 0.6 is 0 Å². The fourth-order valence-corrected chi connectivity index (χ4v) is 5.80. The van der Waals surface area contributed by atoms with E-state index in [1.165, 1.54) is 44.2 Å². The molecule has 0 bridgehead atoms. The number of nitrogens with zero attached hydrogens (tertiary/aromatic N) is 2. The van der Waals surface area contributed by atoms with Gasteiger partial charge in [0.05, 0.1) is 0 Å². The van der Waals surface area contributed by atoms with E-state index in [4.69, 9.17) is 4.98 Å². The third-order valence-corrected chi connectivity index (χ3v) is 9.71. The van der Waals surface area contributed by atoms with Crippen LogP contribution in [0.25, 0.3) is 49.0 Å². The van der Waals surface area contributed by atoms with E-state index in [0.717, 1.165) is 42.1 Å². The molecule has 3 aromatic carbocycles. The predicted molar refractivity (Wildman–Crippen MR) is 173 cm³/mol. The van der Waals surface area contributed by atoms with Crippen molar-refractivity contribution in [1.82, 2.24) is 9.38 Å². The number of aromatic nitrogens is 2. The molecular weight excluding hydrogens is 697 g/mol. The number of allylic oxidation sites excluding steroid dienone is 2. The number of aryl methyl sites for hydroxylation is 1. The Morgan fingerprint density at radius 1 is 0.881 bits per heavy atom. The molecule has 6 aromatic rings. The molecule has 3 aromatic heterocycles. The van der Waals surface area contributed by atoms with Crippen LogP contribution in [-0.2, 0) is 24.9 Å². The maximum absolute atomic E-state index is 12.2. The van der Waals surface area contributed by atoms with Crippen LogP contribution in [0.4, 0.5) is 0 Å². The number of carbonyl (C=O) groups excluding carboxylic acids is 1. The van der Waals surface area contributed by atoms with Gasteiger partial charge in [0.15, 0.2) is 5.78 Å². The second kappa shape index (κ2) is 12.1. The van der Waals surface area contributed by atoms with E-state index < -0.39 is 0 Å². The molecule has 0 aliphatic rings. The number of carbonyl (C=O) groups is 1. The second-order valence-electron chi connectivity index (χ2n) is 11.9. The minimum atomic E-state index is -0.337. The van der Waals surface area contributed by atoms with E-state index in [9.17, 15) is 9.90 Å². The number of ketones is 1. The third-order valence-electron chi connectivity index (χ3n) is 9.71. The minimum Gasteiger partial charge on any atom is -0.512 e. The van der Waals surface area contributed by atoms with E-state index >= 15 is 0 Å². The largest absolute Gasteiger partial charge is 0.512 e. The van der Waals surface area contributed by atoms with E-state index in [2.05, 4.69) is 72.0 Å². The van der Waals surface area contributed by atoms with Gasteiger partial charge in [-0.05, 0) is 59.6 Å². The fraction of sp³-hybridized carbons (Fsp3) is 0.351. The predicted octanol–water partition coefficient (Wildman–Crippen LogP) is 10.1. The van der Waals surface area contributed by atoms with Gasteiger partial charge in [-0.3, -0.25) is 4.79 Å². The maximum Gasteiger partial charge on any atom is 0.164 e. The maximum atomic E-state index is 12.2. The molecule has 0 atom stereocenters. The first-order chi connectivity index (χ1) is 19.6. The number of benzene rings is 3. The van der Waals surface area contributed by atoms with Crippen molar-refractivity contribution in [3.05, 3.63) is 84.3 Å². The number of fused-ring (bicyclic) bond motifs is 6. The van der Waals surface area contributed by atoms with Crippen molar-refractivity contribution in [2.45, 2.75) is 74.1 Å². The molecule has 0 saturated heterocycles. The van der Waals surface area contributed by atoms with Crippen molar-refractivity contribution in [2.24, 2.45) is 10.8 Å². The average Bonchev–Trinajstić information content (AvgIpc) is 3.35. The van der Waals surface area contributed by atoms with E-state index in [1.807, 2.05) is 47.7 Å². The van der Waals surface area contributed by atoms with Crippen molar-refractivity contribution in [3.63, 3.8) is 0 Å². The third kappa shape index (κ3) is 5.12. The number of hydrogen-bond donors (Lipinski definition) is 1. The Morgan fingerprint density at radius 2 is 1.55 bits per heavy atom. The number of rotatable bonds is 7. The van der Waals surface area contributed by atoms with Gasteiger partial charge in [0.1, 0.15) is 5.76 Å². The van der Waals surface area contributed by atoms with Crippen molar-refractivity contribution in [2.75, 3.05) is 0 Å². The van der Waals surface area contributed by atoms with E-state index in [1.54, 1.807) is 0 Å². The van der Waals surface area contributed by atoms with Crippen molar-refractivity contribution >= 4 is 54.8 Å². The summed E-state index contributed by atoms with van der Waals surface area (Å²) < 4.78 is 2.38. The Hall–Kier alpha value is -3.27. The molecule has 42 heavy (non-hydrogen) atoms. The van der Waals surface area contributed by atoms with Crippen LogP contribution in [0.15, 0.2) is 72.6 Å². The van der Waals surface area contributed by atoms with Gasteiger partial charge in [-0.2, -0.15) is 0 Å². The molecule has 1 N–H and O–H groups in total. The van der Waals surface area contributed by atoms with Gasteiger partial charge < -0.3 is 14.5 Å². The van der Waals surface area contributed by atoms with E-state index in [0.29, 0.717) is 0 Å². The molecule has 0 saturated carbocycles. The Balaban J connectivity index is 0.000000203. The molecule has 221 valence electrons. The summed E-state index contributed by atoms with van der Waals surface area (Å²) >= 11 is 0. The molecule has 1 radical (unpaired) electrons. The number of hydrogen-bond acceptors (Lipinski definition) is 3. The van der Waals surface area contributed by atoms with Gasteiger partial charge in [0, 0.05) is 65.0 Å².